The monoisotopic (exact) mass is 311 g/mol. The molecule has 0 aromatic heterocycles. The van der Waals surface area contributed by atoms with E-state index in [4.69, 9.17) is 4.74 Å². The predicted octanol–water partition coefficient (Wildman–Crippen LogP) is 2.01. The Morgan fingerprint density at radius 2 is 2.00 bits per heavy atom. The third kappa shape index (κ3) is 3.37. The molecule has 6 heteroatoms. The highest BCUT2D eigenvalue weighted by Gasteiger charge is 2.31. The number of ether oxygens (including phenoxy) is 1. The Kier molecular flexibility index (Phi) is 4.88. The maximum Gasteiger partial charge on any atom is 0.328 e. The quantitative estimate of drug-likeness (QED) is 0.778. The Morgan fingerprint density at radius 1 is 1.33 bits per heavy atom. The van der Waals surface area contributed by atoms with Crippen molar-refractivity contribution in [1.29, 1.82) is 0 Å². The number of methoxy groups -OCH3 is 1. The maximum atomic E-state index is 12.0. The fraction of sp³-hybridized carbons (Fsp3) is 0.533. The summed E-state index contributed by atoms with van der Waals surface area (Å²) in [6.45, 7) is 2.62. The molecule has 1 saturated heterocycles. The molecule has 1 unspecified atom stereocenters. The number of esters is 1. The molecule has 2 rings (SSSR count). The fourth-order valence-corrected chi connectivity index (χ4v) is 4.01. The van der Waals surface area contributed by atoms with Crippen LogP contribution in [-0.2, 0) is 19.4 Å². The minimum absolute atomic E-state index is 0.154. The van der Waals surface area contributed by atoms with E-state index in [9.17, 15) is 13.2 Å². The molecule has 0 spiro atoms. The van der Waals surface area contributed by atoms with Crippen molar-refractivity contribution in [3.05, 3.63) is 24.3 Å². The van der Waals surface area contributed by atoms with Gasteiger partial charge in [0.1, 0.15) is 6.04 Å². The number of carbonyl (C=O) groups excluding carboxylic acids is 1. The van der Waals surface area contributed by atoms with Crippen LogP contribution in [0, 0.1) is 0 Å². The highest BCUT2D eigenvalue weighted by Crippen LogP contribution is 2.27. The molecule has 0 aliphatic carbocycles. The van der Waals surface area contributed by atoms with Gasteiger partial charge in [-0.05, 0) is 43.5 Å². The normalized spacial score (nSPS) is 18.8. The number of sulfone groups is 1. The van der Waals surface area contributed by atoms with E-state index in [0.717, 1.165) is 25.1 Å². The summed E-state index contributed by atoms with van der Waals surface area (Å²) in [5, 5.41) is 0. The fourth-order valence-electron chi connectivity index (χ4n) is 2.69. The van der Waals surface area contributed by atoms with Crippen LogP contribution >= 0.6 is 0 Å². The number of hydrogen-bond donors (Lipinski definition) is 0. The molecule has 1 aliphatic rings. The summed E-state index contributed by atoms with van der Waals surface area (Å²) in [4.78, 5) is 14.1. The van der Waals surface area contributed by atoms with Gasteiger partial charge >= 0.3 is 5.97 Å². The number of rotatable bonds is 5. The SMILES string of the molecule is CCCS(=O)(=O)c1ccc(N2CCCC2C(=O)OC)cc1. The topological polar surface area (TPSA) is 63.7 Å². The zero-order valence-corrected chi connectivity index (χ0v) is 13.2. The van der Waals surface area contributed by atoms with E-state index in [-0.39, 0.29) is 17.8 Å². The summed E-state index contributed by atoms with van der Waals surface area (Å²) < 4.78 is 28.8. The van der Waals surface area contributed by atoms with Crippen LogP contribution in [0.4, 0.5) is 5.69 Å². The molecule has 0 N–H and O–H groups in total. The Balaban J connectivity index is 2.21. The molecular weight excluding hydrogens is 290 g/mol. The van der Waals surface area contributed by atoms with Gasteiger partial charge in [0.15, 0.2) is 9.84 Å². The third-order valence-corrected chi connectivity index (χ3v) is 5.66. The van der Waals surface area contributed by atoms with Crippen LogP contribution in [0.15, 0.2) is 29.2 Å². The van der Waals surface area contributed by atoms with Crippen LogP contribution < -0.4 is 4.90 Å². The average Bonchev–Trinajstić information content (AvgIpc) is 2.96. The molecular formula is C15H21NO4S. The second kappa shape index (κ2) is 6.47. The van der Waals surface area contributed by atoms with E-state index in [1.54, 1.807) is 24.3 Å². The van der Waals surface area contributed by atoms with Crippen LogP contribution in [0.5, 0.6) is 0 Å². The largest absolute Gasteiger partial charge is 0.467 e. The van der Waals surface area contributed by atoms with Crippen LogP contribution in [0.25, 0.3) is 0 Å². The van der Waals surface area contributed by atoms with Crippen molar-refractivity contribution in [1.82, 2.24) is 0 Å². The maximum absolute atomic E-state index is 12.0. The van der Waals surface area contributed by atoms with Crippen molar-refractivity contribution in [2.75, 3.05) is 24.3 Å². The van der Waals surface area contributed by atoms with E-state index >= 15 is 0 Å². The van der Waals surface area contributed by atoms with Crippen LogP contribution in [0.2, 0.25) is 0 Å². The van der Waals surface area contributed by atoms with E-state index in [1.807, 2.05) is 11.8 Å². The number of carbonyl (C=O) groups is 1. The second-order valence-electron chi connectivity index (χ2n) is 5.19. The number of benzene rings is 1. The van der Waals surface area contributed by atoms with Crippen molar-refractivity contribution in [2.24, 2.45) is 0 Å². The first kappa shape index (κ1) is 15.8. The van der Waals surface area contributed by atoms with Crippen LogP contribution in [-0.4, -0.2) is 39.8 Å². The summed E-state index contributed by atoms with van der Waals surface area (Å²) in [6, 6.07) is 6.50. The van der Waals surface area contributed by atoms with E-state index < -0.39 is 9.84 Å². The first-order valence-electron chi connectivity index (χ1n) is 7.17. The Morgan fingerprint density at radius 3 is 2.57 bits per heavy atom. The van der Waals surface area contributed by atoms with Gasteiger partial charge in [0, 0.05) is 12.2 Å². The van der Waals surface area contributed by atoms with E-state index in [2.05, 4.69) is 0 Å². The second-order valence-corrected chi connectivity index (χ2v) is 7.30. The third-order valence-electron chi connectivity index (χ3n) is 3.73. The first-order chi connectivity index (χ1) is 9.99. The highest BCUT2D eigenvalue weighted by molar-refractivity contribution is 7.91. The molecule has 116 valence electrons. The Bertz CT molecular complexity index is 595. The molecule has 1 aliphatic heterocycles. The smallest absolute Gasteiger partial charge is 0.328 e. The molecule has 1 fully saturated rings. The average molecular weight is 311 g/mol. The Labute approximate surface area is 125 Å². The molecule has 1 aromatic carbocycles. The summed E-state index contributed by atoms with van der Waals surface area (Å²) in [6.07, 6.45) is 2.29. The molecule has 0 saturated carbocycles. The van der Waals surface area contributed by atoms with Crippen molar-refractivity contribution in [2.45, 2.75) is 37.1 Å². The van der Waals surface area contributed by atoms with Gasteiger partial charge in [-0.15, -0.1) is 0 Å². The molecule has 0 bridgehead atoms. The van der Waals surface area contributed by atoms with Gasteiger partial charge in [-0.3, -0.25) is 0 Å². The van der Waals surface area contributed by atoms with Crippen LogP contribution in [0.3, 0.4) is 0 Å². The summed E-state index contributed by atoms with van der Waals surface area (Å²) in [7, 11) is -1.81. The summed E-state index contributed by atoms with van der Waals surface area (Å²) in [5.74, 6) is -0.0870. The lowest BCUT2D eigenvalue weighted by Crippen LogP contribution is -2.36. The van der Waals surface area contributed by atoms with Gasteiger partial charge in [-0.1, -0.05) is 6.92 Å². The molecule has 0 amide bonds. The lowest BCUT2D eigenvalue weighted by molar-refractivity contribution is -0.141. The van der Waals surface area contributed by atoms with Crippen molar-refractivity contribution in [3.63, 3.8) is 0 Å². The van der Waals surface area contributed by atoms with Crippen molar-refractivity contribution >= 4 is 21.5 Å². The first-order valence-corrected chi connectivity index (χ1v) is 8.82. The highest BCUT2D eigenvalue weighted by atomic mass is 32.2. The minimum atomic E-state index is -3.20. The minimum Gasteiger partial charge on any atom is -0.467 e. The zero-order chi connectivity index (χ0) is 15.5. The Hall–Kier alpha value is -1.56. The number of hydrogen-bond acceptors (Lipinski definition) is 5. The van der Waals surface area contributed by atoms with Crippen molar-refractivity contribution in [3.8, 4) is 0 Å². The predicted molar refractivity (Wildman–Crippen MR) is 81.2 cm³/mol. The zero-order valence-electron chi connectivity index (χ0n) is 12.4. The van der Waals surface area contributed by atoms with Gasteiger partial charge < -0.3 is 9.64 Å². The molecule has 5 nitrogen and oxygen atoms in total. The van der Waals surface area contributed by atoms with Gasteiger partial charge in [-0.25, -0.2) is 13.2 Å². The van der Waals surface area contributed by atoms with Gasteiger partial charge in [0.05, 0.1) is 17.8 Å². The molecule has 1 atom stereocenters. The van der Waals surface area contributed by atoms with E-state index in [1.165, 1.54) is 7.11 Å². The number of anilines is 1. The molecule has 0 radical (unpaired) electrons. The number of nitrogens with zero attached hydrogens (tertiary/aromatic N) is 1. The van der Waals surface area contributed by atoms with Crippen molar-refractivity contribution < 1.29 is 17.9 Å². The summed E-state index contributed by atoms with van der Waals surface area (Å²) in [5.41, 5.74) is 0.860. The molecule has 21 heavy (non-hydrogen) atoms. The van der Waals surface area contributed by atoms with Crippen LogP contribution in [0.1, 0.15) is 26.2 Å². The molecule has 1 aromatic rings. The molecule has 1 heterocycles. The standard InChI is InChI=1S/C15H21NO4S/c1-3-11-21(18,19)13-8-6-12(7-9-13)16-10-4-5-14(16)15(17)20-2/h6-9,14H,3-5,10-11H2,1-2H3. The van der Waals surface area contributed by atoms with Gasteiger partial charge in [-0.2, -0.15) is 0 Å². The van der Waals surface area contributed by atoms with E-state index in [0.29, 0.717) is 11.3 Å². The van der Waals surface area contributed by atoms with Gasteiger partial charge in [0.2, 0.25) is 0 Å². The lowest BCUT2D eigenvalue weighted by Gasteiger charge is -2.24. The lowest BCUT2D eigenvalue weighted by atomic mass is 10.2. The van der Waals surface area contributed by atoms with Gasteiger partial charge in [0.25, 0.3) is 0 Å². The summed E-state index contributed by atoms with van der Waals surface area (Å²) >= 11 is 0.